The Morgan fingerprint density at radius 3 is 2.76 bits per heavy atom. The van der Waals surface area contributed by atoms with Gasteiger partial charge in [-0.2, -0.15) is 5.26 Å². The molecule has 0 unspecified atom stereocenters. The van der Waals surface area contributed by atoms with Crippen LogP contribution in [0, 0.1) is 29.1 Å². The van der Waals surface area contributed by atoms with Crippen molar-refractivity contribution in [3.05, 3.63) is 12.2 Å². The standard InChI is InChI=1S/C19H28N2O4/c1-3-25-18(22)17-12-16-11-14(7-5-4-6-10-20)8-9-15(16)13-21(17)19(23)24-2/h4,6,14-17H,3,5,7-9,11-13H2,1-2H3/b6-4+/t14-,15-,16+,17-/m0/s1. The maximum Gasteiger partial charge on any atom is 0.410 e. The fraction of sp³-hybridized carbons (Fsp3) is 0.737. The van der Waals surface area contributed by atoms with Crippen LogP contribution in [0.5, 0.6) is 0 Å². The number of ether oxygens (including phenoxy) is 2. The van der Waals surface area contributed by atoms with E-state index < -0.39 is 12.1 Å². The molecule has 0 radical (unpaired) electrons. The van der Waals surface area contributed by atoms with Crippen LogP contribution in [0.2, 0.25) is 0 Å². The number of fused-ring (bicyclic) bond motifs is 1. The zero-order chi connectivity index (χ0) is 18.2. The minimum absolute atomic E-state index is 0.312. The SMILES string of the molecule is CCOC(=O)[C@@H]1C[C@H]2C[C@@H](CC/C=C/C#N)CC[C@H]2CN1C(=O)OC. The maximum atomic E-state index is 12.3. The Kier molecular flexibility index (Phi) is 7.30. The Balaban J connectivity index is 2.00. The van der Waals surface area contributed by atoms with E-state index in [9.17, 15) is 9.59 Å². The topological polar surface area (TPSA) is 79.6 Å². The Morgan fingerprint density at radius 1 is 1.28 bits per heavy atom. The lowest BCUT2D eigenvalue weighted by Crippen LogP contribution is -2.55. The summed E-state index contributed by atoms with van der Waals surface area (Å²) in [6.07, 6.45) is 8.96. The summed E-state index contributed by atoms with van der Waals surface area (Å²) in [4.78, 5) is 26.0. The van der Waals surface area contributed by atoms with Crippen molar-refractivity contribution in [3.63, 3.8) is 0 Å². The van der Waals surface area contributed by atoms with Crippen LogP contribution >= 0.6 is 0 Å². The summed E-state index contributed by atoms with van der Waals surface area (Å²) in [5.41, 5.74) is 0. The Hall–Kier alpha value is -2.03. The molecule has 1 saturated carbocycles. The van der Waals surface area contributed by atoms with Gasteiger partial charge in [-0.25, -0.2) is 9.59 Å². The van der Waals surface area contributed by atoms with Crippen LogP contribution in [-0.2, 0) is 14.3 Å². The van der Waals surface area contributed by atoms with Gasteiger partial charge in [-0.3, -0.25) is 4.90 Å². The van der Waals surface area contributed by atoms with E-state index in [0.717, 1.165) is 32.1 Å². The van der Waals surface area contributed by atoms with Crippen molar-refractivity contribution >= 4 is 12.1 Å². The van der Waals surface area contributed by atoms with Gasteiger partial charge in [0.05, 0.1) is 19.8 Å². The van der Waals surface area contributed by atoms with E-state index in [1.54, 1.807) is 11.8 Å². The number of carbonyl (C=O) groups is 2. The predicted octanol–water partition coefficient (Wildman–Crippen LogP) is 3.28. The molecule has 1 heterocycles. The molecule has 6 heteroatoms. The smallest absolute Gasteiger partial charge is 0.410 e. The second-order valence-electron chi connectivity index (χ2n) is 6.93. The third-order valence-electron chi connectivity index (χ3n) is 5.48. The van der Waals surface area contributed by atoms with E-state index in [-0.39, 0.29) is 5.97 Å². The van der Waals surface area contributed by atoms with Crippen molar-refractivity contribution in [1.82, 2.24) is 4.90 Å². The number of amides is 1. The average Bonchev–Trinajstić information content (AvgIpc) is 2.63. The van der Waals surface area contributed by atoms with Crippen molar-refractivity contribution in [1.29, 1.82) is 5.26 Å². The molecule has 2 fully saturated rings. The second-order valence-corrected chi connectivity index (χ2v) is 6.93. The molecule has 1 aliphatic heterocycles. The average molecular weight is 348 g/mol. The molecule has 2 rings (SSSR count). The minimum atomic E-state index is -0.536. The normalized spacial score (nSPS) is 28.9. The van der Waals surface area contributed by atoms with Crippen LogP contribution in [0.25, 0.3) is 0 Å². The number of methoxy groups -OCH3 is 1. The lowest BCUT2D eigenvalue weighted by molar-refractivity contribution is -0.152. The van der Waals surface area contributed by atoms with Crippen molar-refractivity contribution in [2.24, 2.45) is 17.8 Å². The van der Waals surface area contributed by atoms with Gasteiger partial charge >= 0.3 is 12.1 Å². The molecular weight excluding hydrogens is 320 g/mol. The van der Waals surface area contributed by atoms with Gasteiger partial charge in [0.25, 0.3) is 0 Å². The molecule has 138 valence electrons. The third kappa shape index (κ3) is 4.97. The molecule has 1 aliphatic carbocycles. The van der Waals surface area contributed by atoms with Crippen molar-refractivity contribution in [2.75, 3.05) is 20.3 Å². The molecule has 0 bridgehead atoms. The predicted molar refractivity (Wildman–Crippen MR) is 92.5 cm³/mol. The van der Waals surface area contributed by atoms with Crippen molar-refractivity contribution in [3.8, 4) is 6.07 Å². The number of piperidine rings is 1. The van der Waals surface area contributed by atoms with Gasteiger partial charge in [0.15, 0.2) is 0 Å². The van der Waals surface area contributed by atoms with Crippen molar-refractivity contribution in [2.45, 2.75) is 51.5 Å². The highest BCUT2D eigenvalue weighted by molar-refractivity contribution is 5.81. The van der Waals surface area contributed by atoms with E-state index in [2.05, 4.69) is 0 Å². The summed E-state index contributed by atoms with van der Waals surface area (Å²) >= 11 is 0. The summed E-state index contributed by atoms with van der Waals surface area (Å²) in [6, 6.07) is 1.48. The molecule has 0 aromatic carbocycles. The first kappa shape index (κ1) is 19.3. The largest absolute Gasteiger partial charge is 0.464 e. The molecule has 0 aromatic heterocycles. The van der Waals surface area contributed by atoms with Crippen LogP contribution in [-0.4, -0.2) is 43.3 Å². The molecule has 0 spiro atoms. The molecule has 2 aliphatic rings. The quantitative estimate of drug-likeness (QED) is 0.563. The summed E-state index contributed by atoms with van der Waals surface area (Å²) in [7, 11) is 1.35. The number of allylic oxidation sites excluding steroid dienone is 2. The van der Waals surface area contributed by atoms with Crippen LogP contribution in [0.1, 0.15) is 45.4 Å². The van der Waals surface area contributed by atoms with E-state index in [1.165, 1.54) is 13.2 Å². The number of carbonyl (C=O) groups excluding carboxylic acids is 2. The summed E-state index contributed by atoms with van der Waals surface area (Å²) in [5, 5.41) is 8.55. The maximum absolute atomic E-state index is 12.3. The molecule has 1 amide bonds. The van der Waals surface area contributed by atoms with Crippen molar-refractivity contribution < 1.29 is 19.1 Å². The first-order valence-electron chi connectivity index (χ1n) is 9.16. The molecule has 1 saturated heterocycles. The zero-order valence-electron chi connectivity index (χ0n) is 15.1. The van der Waals surface area contributed by atoms with Gasteiger partial charge in [0, 0.05) is 12.6 Å². The molecule has 0 N–H and O–H groups in total. The number of hydrogen-bond donors (Lipinski definition) is 0. The highest BCUT2D eigenvalue weighted by atomic mass is 16.6. The van der Waals surface area contributed by atoms with Crippen LogP contribution in [0.15, 0.2) is 12.2 Å². The molecule has 0 aromatic rings. The highest BCUT2D eigenvalue weighted by Gasteiger charge is 2.44. The van der Waals surface area contributed by atoms with Gasteiger partial charge < -0.3 is 9.47 Å². The summed E-state index contributed by atoms with van der Waals surface area (Å²) in [6.45, 7) is 2.66. The lowest BCUT2D eigenvalue weighted by Gasteiger charge is -2.46. The minimum Gasteiger partial charge on any atom is -0.464 e. The number of nitriles is 1. The summed E-state index contributed by atoms with van der Waals surface area (Å²) in [5.74, 6) is 1.16. The van der Waals surface area contributed by atoms with Gasteiger partial charge in [-0.1, -0.05) is 12.5 Å². The number of likely N-dealkylation sites (tertiary alicyclic amines) is 1. The fourth-order valence-corrected chi connectivity index (χ4v) is 4.26. The van der Waals surface area contributed by atoms with E-state index in [0.29, 0.717) is 37.3 Å². The third-order valence-corrected chi connectivity index (χ3v) is 5.48. The zero-order valence-corrected chi connectivity index (χ0v) is 15.1. The number of rotatable bonds is 5. The monoisotopic (exact) mass is 348 g/mol. The van der Waals surface area contributed by atoms with Crippen LogP contribution < -0.4 is 0 Å². The van der Waals surface area contributed by atoms with Gasteiger partial charge in [-0.15, -0.1) is 0 Å². The highest BCUT2D eigenvalue weighted by Crippen LogP contribution is 2.42. The van der Waals surface area contributed by atoms with Crippen LogP contribution in [0.3, 0.4) is 0 Å². The summed E-state index contributed by atoms with van der Waals surface area (Å²) < 4.78 is 10.0. The van der Waals surface area contributed by atoms with Crippen LogP contribution in [0.4, 0.5) is 4.79 Å². The lowest BCUT2D eigenvalue weighted by atomic mass is 9.68. The number of esters is 1. The molecule has 6 nitrogen and oxygen atoms in total. The first-order valence-corrected chi connectivity index (χ1v) is 9.16. The number of nitrogens with zero attached hydrogens (tertiary/aromatic N) is 2. The fourth-order valence-electron chi connectivity index (χ4n) is 4.26. The van der Waals surface area contributed by atoms with E-state index in [1.807, 2.05) is 12.1 Å². The first-order chi connectivity index (χ1) is 12.1. The van der Waals surface area contributed by atoms with E-state index >= 15 is 0 Å². The Labute approximate surface area is 149 Å². The van der Waals surface area contributed by atoms with Gasteiger partial charge in [0.1, 0.15) is 6.04 Å². The second kappa shape index (κ2) is 9.45. The number of hydrogen-bond acceptors (Lipinski definition) is 5. The Morgan fingerprint density at radius 2 is 2.08 bits per heavy atom. The Bertz CT molecular complexity index is 540. The van der Waals surface area contributed by atoms with Gasteiger partial charge in [0.2, 0.25) is 0 Å². The van der Waals surface area contributed by atoms with Gasteiger partial charge in [-0.05, 0) is 56.8 Å². The molecule has 4 atom stereocenters. The molecular formula is C19H28N2O4. The molecule has 25 heavy (non-hydrogen) atoms. The van der Waals surface area contributed by atoms with E-state index in [4.69, 9.17) is 14.7 Å².